The first-order valence-electron chi connectivity index (χ1n) is 11.4. The van der Waals surface area contributed by atoms with Crippen molar-refractivity contribution in [1.29, 1.82) is 0 Å². The fourth-order valence-corrected chi connectivity index (χ4v) is 3.73. The van der Waals surface area contributed by atoms with Gasteiger partial charge in [-0.15, -0.1) is 0 Å². The lowest BCUT2D eigenvalue weighted by atomic mass is 10.1. The Morgan fingerprint density at radius 2 is 1.81 bits per heavy atom. The van der Waals surface area contributed by atoms with Crippen LogP contribution in [0.4, 0.5) is 5.69 Å². The Balaban J connectivity index is 1.56. The van der Waals surface area contributed by atoms with E-state index < -0.39 is 11.8 Å². The molecule has 2 aromatic carbocycles. The molecule has 1 N–H and O–H groups in total. The summed E-state index contributed by atoms with van der Waals surface area (Å²) in [5.74, 6) is -1.32. The Morgan fingerprint density at radius 3 is 2.50 bits per heavy atom. The second-order valence-corrected chi connectivity index (χ2v) is 7.81. The van der Waals surface area contributed by atoms with E-state index in [1.165, 1.54) is 0 Å². The number of para-hydroxylation sites is 2. The highest BCUT2D eigenvalue weighted by Crippen LogP contribution is 2.31. The zero-order valence-electron chi connectivity index (χ0n) is 19.4. The molecule has 1 aliphatic heterocycles. The number of nitrogens with zero attached hydrogens (tertiary/aromatic N) is 3. The van der Waals surface area contributed by atoms with E-state index in [1.54, 1.807) is 48.4 Å². The number of ether oxygens (including phenoxy) is 2. The maximum absolute atomic E-state index is 13.3. The number of carbonyl (C=O) groups excluding carboxylic acids is 2. The van der Waals surface area contributed by atoms with Gasteiger partial charge in [0.1, 0.15) is 5.69 Å². The molecule has 3 heterocycles. The second-order valence-electron chi connectivity index (χ2n) is 7.81. The van der Waals surface area contributed by atoms with E-state index in [0.717, 1.165) is 11.3 Å². The number of aromatic nitrogens is 3. The quantitative estimate of drug-likeness (QED) is 0.232. The fraction of sp³-hybridized carbons (Fsp3) is 0.0714. The molecule has 0 saturated carbocycles. The van der Waals surface area contributed by atoms with E-state index in [1.807, 2.05) is 60.7 Å². The highest BCUT2D eigenvalue weighted by atomic mass is 16.5. The van der Waals surface area contributed by atoms with Crippen molar-refractivity contribution in [2.45, 2.75) is 6.92 Å². The SMILES string of the molecule is CCOC(=O)C1=C(Nc2ccccc2)O/C(=C\c2cn(-c3ccccc3)nc2-c2cccnc2)C1=O. The van der Waals surface area contributed by atoms with Gasteiger partial charge in [0.05, 0.1) is 12.3 Å². The highest BCUT2D eigenvalue weighted by molar-refractivity contribution is 6.26. The number of hydrogen-bond acceptors (Lipinski definition) is 7. The van der Waals surface area contributed by atoms with Crippen LogP contribution in [0.3, 0.4) is 0 Å². The number of hydrogen-bond donors (Lipinski definition) is 1. The van der Waals surface area contributed by atoms with Gasteiger partial charge in [-0.25, -0.2) is 9.48 Å². The van der Waals surface area contributed by atoms with Gasteiger partial charge >= 0.3 is 5.97 Å². The predicted molar refractivity (Wildman–Crippen MR) is 135 cm³/mol. The Morgan fingerprint density at radius 1 is 1.06 bits per heavy atom. The van der Waals surface area contributed by atoms with Crippen molar-refractivity contribution < 1.29 is 19.1 Å². The second kappa shape index (κ2) is 10.1. The lowest BCUT2D eigenvalue weighted by Gasteiger charge is -2.08. The Labute approximate surface area is 207 Å². The third kappa shape index (κ3) is 4.65. The Hall–Kier alpha value is -4.98. The van der Waals surface area contributed by atoms with E-state index in [9.17, 15) is 9.59 Å². The lowest BCUT2D eigenvalue weighted by molar-refractivity contribution is -0.139. The smallest absolute Gasteiger partial charge is 0.347 e. The molecule has 0 fully saturated rings. The molecule has 8 heteroatoms. The van der Waals surface area contributed by atoms with Crippen molar-refractivity contribution in [2.24, 2.45) is 0 Å². The van der Waals surface area contributed by atoms with Gasteiger partial charge in [0.2, 0.25) is 11.7 Å². The van der Waals surface area contributed by atoms with E-state index in [-0.39, 0.29) is 23.8 Å². The van der Waals surface area contributed by atoms with Crippen molar-refractivity contribution >= 4 is 23.5 Å². The summed E-state index contributed by atoms with van der Waals surface area (Å²) in [4.78, 5) is 30.2. The molecule has 36 heavy (non-hydrogen) atoms. The molecule has 4 aromatic rings. The lowest BCUT2D eigenvalue weighted by Crippen LogP contribution is -2.16. The monoisotopic (exact) mass is 478 g/mol. The van der Waals surface area contributed by atoms with Crippen molar-refractivity contribution in [1.82, 2.24) is 14.8 Å². The van der Waals surface area contributed by atoms with Gasteiger partial charge in [-0.05, 0) is 49.4 Å². The number of allylic oxidation sites excluding steroid dienone is 1. The summed E-state index contributed by atoms with van der Waals surface area (Å²) in [5.41, 5.74) is 3.33. The molecule has 2 aromatic heterocycles. The van der Waals surface area contributed by atoms with E-state index in [2.05, 4.69) is 10.3 Å². The van der Waals surface area contributed by atoms with Gasteiger partial charge in [0.15, 0.2) is 11.3 Å². The summed E-state index contributed by atoms with van der Waals surface area (Å²) < 4.78 is 12.7. The van der Waals surface area contributed by atoms with Crippen LogP contribution < -0.4 is 5.32 Å². The van der Waals surface area contributed by atoms with Crippen LogP contribution in [-0.2, 0) is 19.1 Å². The van der Waals surface area contributed by atoms with Crippen LogP contribution in [0.15, 0.2) is 109 Å². The molecule has 0 amide bonds. The average Bonchev–Trinajstić information content (AvgIpc) is 3.47. The van der Waals surface area contributed by atoms with Crippen LogP contribution in [-0.4, -0.2) is 33.1 Å². The first-order valence-corrected chi connectivity index (χ1v) is 11.4. The van der Waals surface area contributed by atoms with Crippen molar-refractivity contribution in [2.75, 3.05) is 11.9 Å². The molecule has 0 atom stereocenters. The molecule has 0 bridgehead atoms. The molecule has 5 rings (SSSR count). The van der Waals surface area contributed by atoms with Crippen LogP contribution in [0.2, 0.25) is 0 Å². The minimum atomic E-state index is -0.753. The number of nitrogens with one attached hydrogen (secondary N) is 1. The van der Waals surface area contributed by atoms with Crippen molar-refractivity contribution in [3.63, 3.8) is 0 Å². The van der Waals surface area contributed by atoms with Crippen LogP contribution in [0.25, 0.3) is 23.0 Å². The average molecular weight is 479 g/mol. The Bertz CT molecular complexity index is 1460. The Kier molecular flexibility index (Phi) is 6.40. The molecule has 178 valence electrons. The standard InChI is InChI=1S/C28H22N4O4/c1-2-35-28(34)24-26(33)23(36-27(24)30-21-11-5-3-6-12-21)16-20-18-32(22-13-7-4-8-14-22)31-25(20)19-10-9-15-29-17-19/h3-18,30H,2H2,1H3/b23-16-. The molecular weight excluding hydrogens is 456 g/mol. The van der Waals surface area contributed by atoms with E-state index in [0.29, 0.717) is 16.9 Å². The maximum atomic E-state index is 13.3. The molecular formula is C28H22N4O4. The highest BCUT2D eigenvalue weighted by Gasteiger charge is 2.37. The van der Waals surface area contributed by atoms with Gasteiger partial charge in [0.25, 0.3) is 0 Å². The van der Waals surface area contributed by atoms with Gasteiger partial charge < -0.3 is 14.8 Å². The van der Waals surface area contributed by atoms with Gasteiger partial charge in [-0.2, -0.15) is 5.10 Å². The topological polar surface area (TPSA) is 95.3 Å². The summed E-state index contributed by atoms with van der Waals surface area (Å²) in [6.45, 7) is 1.81. The molecule has 0 saturated heterocycles. The first-order chi connectivity index (χ1) is 17.6. The number of Topliss-reactive ketones (excluding diaryl/α,β-unsaturated/α-hetero) is 1. The summed E-state index contributed by atoms with van der Waals surface area (Å²) >= 11 is 0. The molecule has 8 nitrogen and oxygen atoms in total. The molecule has 0 unspecified atom stereocenters. The number of esters is 1. The van der Waals surface area contributed by atoms with Crippen LogP contribution >= 0.6 is 0 Å². The number of ketones is 1. The molecule has 0 radical (unpaired) electrons. The summed E-state index contributed by atoms with van der Waals surface area (Å²) in [5, 5.41) is 7.75. The van der Waals surface area contributed by atoms with E-state index >= 15 is 0 Å². The summed E-state index contributed by atoms with van der Waals surface area (Å²) in [6.07, 6.45) is 6.75. The van der Waals surface area contributed by atoms with Crippen molar-refractivity contribution in [3.05, 3.63) is 114 Å². The normalized spacial score (nSPS) is 14.1. The minimum Gasteiger partial charge on any atom is -0.462 e. The van der Waals surface area contributed by atoms with Crippen LogP contribution in [0.5, 0.6) is 0 Å². The number of rotatable bonds is 7. The fourth-order valence-electron chi connectivity index (χ4n) is 3.73. The summed E-state index contributed by atoms with van der Waals surface area (Å²) in [7, 11) is 0. The zero-order chi connectivity index (χ0) is 24.9. The molecule has 0 spiro atoms. The number of benzene rings is 2. The first kappa shape index (κ1) is 22.8. The van der Waals surface area contributed by atoms with E-state index in [4.69, 9.17) is 14.6 Å². The number of anilines is 1. The maximum Gasteiger partial charge on any atom is 0.347 e. The molecule has 1 aliphatic rings. The predicted octanol–water partition coefficient (Wildman–Crippen LogP) is 4.76. The van der Waals surface area contributed by atoms with Gasteiger partial charge in [0, 0.05) is 35.4 Å². The van der Waals surface area contributed by atoms with Crippen molar-refractivity contribution in [3.8, 4) is 16.9 Å². The molecule has 0 aliphatic carbocycles. The number of pyridine rings is 1. The van der Waals surface area contributed by atoms with Gasteiger partial charge in [-0.1, -0.05) is 36.4 Å². The van der Waals surface area contributed by atoms with Crippen LogP contribution in [0.1, 0.15) is 12.5 Å². The third-order valence-corrected chi connectivity index (χ3v) is 5.39. The van der Waals surface area contributed by atoms with Crippen LogP contribution in [0, 0.1) is 0 Å². The largest absolute Gasteiger partial charge is 0.462 e. The summed E-state index contributed by atoms with van der Waals surface area (Å²) in [6, 6.07) is 22.4. The minimum absolute atomic E-state index is 0.0192. The number of carbonyl (C=O) groups is 2. The van der Waals surface area contributed by atoms with Gasteiger partial charge in [-0.3, -0.25) is 9.78 Å². The zero-order valence-corrected chi connectivity index (χ0v) is 19.4. The third-order valence-electron chi connectivity index (χ3n) is 5.39.